The molecule has 1 fully saturated rings. The van der Waals surface area contributed by atoms with Gasteiger partial charge < -0.3 is 9.80 Å². The maximum absolute atomic E-state index is 12.9. The molecule has 0 aliphatic carbocycles. The van der Waals surface area contributed by atoms with Crippen molar-refractivity contribution in [2.75, 3.05) is 42.5 Å². The lowest BCUT2D eigenvalue weighted by molar-refractivity contribution is -0.892. The Morgan fingerprint density at radius 1 is 1.17 bits per heavy atom. The maximum atomic E-state index is 12.9. The summed E-state index contributed by atoms with van der Waals surface area (Å²) < 4.78 is 38.1. The number of quaternary nitrogens is 1. The van der Waals surface area contributed by atoms with Gasteiger partial charge in [-0.1, -0.05) is 18.2 Å². The summed E-state index contributed by atoms with van der Waals surface area (Å²) in [7, 11) is 0. The van der Waals surface area contributed by atoms with Gasteiger partial charge in [-0.15, -0.1) is 0 Å². The Morgan fingerprint density at radius 3 is 2.55 bits per heavy atom. The van der Waals surface area contributed by atoms with Crippen molar-refractivity contribution in [2.24, 2.45) is 0 Å². The average molecular weight is 406 g/mol. The van der Waals surface area contributed by atoms with Crippen LogP contribution in [-0.4, -0.2) is 44.7 Å². The summed E-state index contributed by atoms with van der Waals surface area (Å²) in [5, 5.41) is 0. The Labute approximate surface area is 167 Å². The summed E-state index contributed by atoms with van der Waals surface area (Å²) in [6, 6.07) is 10.8. The molecule has 29 heavy (non-hydrogen) atoms. The summed E-state index contributed by atoms with van der Waals surface area (Å²) in [6.07, 6.45) is -2.46. The molecule has 5 nitrogen and oxygen atoms in total. The Bertz CT molecular complexity index is 876. The number of para-hydroxylation sites is 1. The number of hydrogen-bond donors (Lipinski definition) is 1. The number of rotatable bonds is 3. The molecule has 1 aromatic heterocycles. The Morgan fingerprint density at radius 2 is 1.90 bits per heavy atom. The van der Waals surface area contributed by atoms with Crippen molar-refractivity contribution < 1.29 is 27.8 Å². The van der Waals surface area contributed by atoms with Gasteiger partial charge in [0.2, 0.25) is 0 Å². The Hall–Kier alpha value is -2.61. The van der Waals surface area contributed by atoms with E-state index in [2.05, 4.69) is 18.0 Å². The summed E-state index contributed by atoms with van der Waals surface area (Å²) in [6.45, 7) is 5.43. The molecule has 0 spiro atoms. The molecule has 0 saturated carbocycles. The molecule has 1 atom stereocenters. The first-order valence-electron chi connectivity index (χ1n) is 9.90. The number of H-pyrrole nitrogens is 1. The van der Waals surface area contributed by atoms with Crippen LogP contribution in [0.1, 0.15) is 18.1 Å². The fraction of sp³-hybridized carbons (Fsp3) is 0.429. The average Bonchev–Trinajstić information content (AvgIpc) is 3.04. The molecule has 1 aromatic carbocycles. The molecule has 0 bridgehead atoms. The van der Waals surface area contributed by atoms with Crippen LogP contribution in [0.25, 0.3) is 0 Å². The Balaban J connectivity index is 1.34. The van der Waals surface area contributed by atoms with Crippen molar-refractivity contribution in [1.82, 2.24) is 0 Å². The van der Waals surface area contributed by atoms with Crippen molar-refractivity contribution in [3.05, 3.63) is 53.7 Å². The quantitative estimate of drug-likeness (QED) is 0.833. The van der Waals surface area contributed by atoms with Crippen LogP contribution in [0.15, 0.2) is 42.6 Å². The third-order valence-corrected chi connectivity index (χ3v) is 5.81. The highest BCUT2D eigenvalue weighted by Crippen LogP contribution is 2.31. The SMILES string of the molecule is C[C@H]1Cc2ccccc2N1C(=O)C[NH+]1CCN(c2ccc(C(F)(F)F)c[nH+]2)CC1. The van der Waals surface area contributed by atoms with E-state index >= 15 is 0 Å². The lowest BCUT2D eigenvalue weighted by Gasteiger charge is -2.30. The van der Waals surface area contributed by atoms with Crippen molar-refractivity contribution in [3.63, 3.8) is 0 Å². The van der Waals surface area contributed by atoms with Gasteiger partial charge >= 0.3 is 6.18 Å². The molecule has 2 N–H and O–H groups in total. The molecule has 2 aromatic rings. The zero-order valence-corrected chi connectivity index (χ0v) is 16.3. The lowest BCUT2D eigenvalue weighted by Crippen LogP contribution is -3.16. The van der Waals surface area contributed by atoms with Crippen LogP contribution in [0.4, 0.5) is 24.7 Å². The molecule has 1 amide bonds. The number of carbonyl (C=O) groups excluding carboxylic acids is 1. The third kappa shape index (κ3) is 4.07. The summed E-state index contributed by atoms with van der Waals surface area (Å²) >= 11 is 0. The highest BCUT2D eigenvalue weighted by Gasteiger charge is 2.35. The van der Waals surface area contributed by atoms with E-state index < -0.39 is 11.7 Å². The monoisotopic (exact) mass is 406 g/mol. The largest absolute Gasteiger partial charge is 0.419 e. The standard InChI is InChI=1S/C21H23F3N4O/c1-15-12-16-4-2-3-5-18(16)28(15)20(29)14-26-8-10-27(11-9-26)19-7-6-17(13-25-19)21(22,23)24/h2-7,13,15H,8-12,14H2,1H3/p+2/t15-/m0/s1. The van der Waals surface area contributed by atoms with E-state index in [-0.39, 0.29) is 11.9 Å². The molecule has 4 rings (SSSR count). The van der Waals surface area contributed by atoms with E-state index in [0.29, 0.717) is 25.5 Å². The van der Waals surface area contributed by atoms with Gasteiger partial charge in [0, 0.05) is 17.8 Å². The highest BCUT2D eigenvalue weighted by atomic mass is 19.4. The molecular formula is C21H25F3N4O+2. The zero-order valence-electron chi connectivity index (χ0n) is 16.3. The van der Waals surface area contributed by atoms with Gasteiger partial charge in [-0.2, -0.15) is 13.2 Å². The van der Waals surface area contributed by atoms with Gasteiger partial charge in [0.1, 0.15) is 32.4 Å². The lowest BCUT2D eigenvalue weighted by atomic mass is 10.1. The fourth-order valence-corrected chi connectivity index (χ4v) is 4.27. The van der Waals surface area contributed by atoms with Crippen LogP contribution >= 0.6 is 0 Å². The molecule has 1 saturated heterocycles. The van der Waals surface area contributed by atoms with Crippen molar-refractivity contribution >= 4 is 17.4 Å². The highest BCUT2D eigenvalue weighted by molar-refractivity contribution is 5.96. The maximum Gasteiger partial charge on any atom is 0.419 e. The minimum Gasteiger partial charge on any atom is -0.321 e. The van der Waals surface area contributed by atoms with E-state index in [9.17, 15) is 18.0 Å². The second-order valence-electron chi connectivity index (χ2n) is 7.82. The normalized spacial score (nSPS) is 20.1. The molecule has 0 radical (unpaired) electrons. The van der Waals surface area contributed by atoms with Crippen molar-refractivity contribution in [3.8, 4) is 0 Å². The number of aromatic amines is 1. The molecular weight excluding hydrogens is 381 g/mol. The predicted octanol–water partition coefficient (Wildman–Crippen LogP) is 1.20. The number of anilines is 2. The van der Waals surface area contributed by atoms with Crippen LogP contribution < -0.4 is 19.7 Å². The molecule has 8 heteroatoms. The number of piperazine rings is 1. The number of nitrogens with zero attached hydrogens (tertiary/aromatic N) is 2. The summed E-state index contributed by atoms with van der Waals surface area (Å²) in [5.41, 5.74) is 1.55. The number of hydrogen-bond acceptors (Lipinski definition) is 2. The van der Waals surface area contributed by atoms with Gasteiger partial charge in [0.25, 0.3) is 11.7 Å². The smallest absolute Gasteiger partial charge is 0.321 e. The number of halogens is 3. The predicted molar refractivity (Wildman–Crippen MR) is 103 cm³/mol. The minimum absolute atomic E-state index is 0.131. The van der Waals surface area contributed by atoms with Gasteiger partial charge in [-0.25, -0.2) is 4.98 Å². The second kappa shape index (κ2) is 7.67. The van der Waals surface area contributed by atoms with Crippen LogP contribution in [0.5, 0.6) is 0 Å². The number of alkyl halides is 3. The molecule has 2 aliphatic rings. The van der Waals surface area contributed by atoms with E-state index in [4.69, 9.17) is 0 Å². The van der Waals surface area contributed by atoms with Gasteiger partial charge in [-0.3, -0.25) is 9.69 Å². The van der Waals surface area contributed by atoms with Gasteiger partial charge in [-0.05, 0) is 31.0 Å². The molecule has 0 unspecified atom stereocenters. The number of benzene rings is 1. The van der Waals surface area contributed by atoms with Crippen LogP contribution in [-0.2, 0) is 17.4 Å². The van der Waals surface area contributed by atoms with E-state index in [1.165, 1.54) is 16.5 Å². The van der Waals surface area contributed by atoms with Crippen LogP contribution in [0.2, 0.25) is 0 Å². The zero-order chi connectivity index (χ0) is 20.6. The minimum atomic E-state index is -4.34. The summed E-state index contributed by atoms with van der Waals surface area (Å²) in [5.74, 6) is 0.803. The molecule has 154 valence electrons. The molecule has 2 aliphatic heterocycles. The first-order chi connectivity index (χ1) is 13.8. The van der Waals surface area contributed by atoms with Crippen LogP contribution in [0.3, 0.4) is 0 Å². The number of fused-ring (bicyclic) bond motifs is 1. The first kappa shape index (κ1) is 19.7. The third-order valence-electron chi connectivity index (χ3n) is 5.81. The van der Waals surface area contributed by atoms with E-state index in [1.54, 1.807) is 0 Å². The number of nitrogens with one attached hydrogen (secondary N) is 2. The first-order valence-corrected chi connectivity index (χ1v) is 9.90. The summed E-state index contributed by atoms with van der Waals surface area (Å²) in [4.78, 5) is 20.8. The second-order valence-corrected chi connectivity index (χ2v) is 7.82. The topological polar surface area (TPSA) is 42.1 Å². The number of amides is 1. The van der Waals surface area contributed by atoms with Crippen LogP contribution in [0, 0.1) is 0 Å². The number of aromatic nitrogens is 1. The Kier molecular flexibility index (Phi) is 5.21. The van der Waals surface area contributed by atoms with Gasteiger partial charge in [0.15, 0.2) is 6.54 Å². The number of pyridine rings is 1. The van der Waals surface area contributed by atoms with E-state index in [0.717, 1.165) is 37.5 Å². The fourth-order valence-electron chi connectivity index (χ4n) is 4.27. The molecule has 3 heterocycles. The number of carbonyl (C=O) groups is 1. The van der Waals surface area contributed by atoms with Crippen molar-refractivity contribution in [1.29, 1.82) is 0 Å². The van der Waals surface area contributed by atoms with Crippen molar-refractivity contribution in [2.45, 2.75) is 25.6 Å². The van der Waals surface area contributed by atoms with Gasteiger partial charge in [0.05, 0.1) is 5.56 Å². The van der Waals surface area contributed by atoms with E-state index in [1.807, 2.05) is 28.0 Å².